The van der Waals surface area contributed by atoms with Crippen LogP contribution in [0.15, 0.2) is 36.4 Å². The molecule has 8 heteroatoms. The molecule has 2 aromatic carbocycles. The number of halogens is 3. The Hall–Kier alpha value is -2.74. The molecule has 0 radical (unpaired) electrons. The van der Waals surface area contributed by atoms with Crippen molar-refractivity contribution in [2.45, 2.75) is 51.8 Å². The molecule has 3 N–H and O–H groups in total. The minimum Gasteiger partial charge on any atom is -0.491 e. The number of rotatable bonds is 9. The van der Waals surface area contributed by atoms with Crippen molar-refractivity contribution < 1.29 is 27.8 Å². The minimum absolute atomic E-state index is 0.0691. The second-order valence-electron chi connectivity index (χ2n) is 7.40. The minimum atomic E-state index is -1.60. The largest absolute Gasteiger partial charge is 0.491 e. The zero-order valence-electron chi connectivity index (χ0n) is 17.2. The van der Waals surface area contributed by atoms with Crippen LogP contribution in [0.25, 0.3) is 0 Å². The smallest absolute Gasteiger partial charge is 0.315 e. The Morgan fingerprint density at radius 1 is 1.03 bits per heavy atom. The number of aliphatic hydroxyl groups is 1. The lowest BCUT2D eigenvalue weighted by Crippen LogP contribution is -2.43. The van der Waals surface area contributed by atoms with Gasteiger partial charge in [0.2, 0.25) is 0 Å². The molecule has 0 bridgehead atoms. The molecule has 0 spiro atoms. The first-order valence-corrected chi connectivity index (χ1v) is 9.77. The maximum Gasteiger partial charge on any atom is 0.315 e. The van der Waals surface area contributed by atoms with Crippen LogP contribution >= 0.6 is 0 Å². The molecule has 0 aromatic heterocycles. The zero-order valence-corrected chi connectivity index (χ0v) is 17.2. The van der Waals surface area contributed by atoms with Gasteiger partial charge in [-0.3, -0.25) is 0 Å². The van der Waals surface area contributed by atoms with Crippen LogP contribution in [-0.4, -0.2) is 29.9 Å². The topological polar surface area (TPSA) is 70.6 Å². The van der Waals surface area contributed by atoms with Gasteiger partial charge in [0.25, 0.3) is 0 Å². The van der Waals surface area contributed by atoms with Gasteiger partial charge >= 0.3 is 6.03 Å². The Morgan fingerprint density at radius 2 is 1.63 bits per heavy atom. The van der Waals surface area contributed by atoms with E-state index in [4.69, 9.17) is 4.74 Å². The Bertz CT molecular complexity index is 821. The van der Waals surface area contributed by atoms with E-state index in [-0.39, 0.29) is 17.7 Å². The number of aryl methyl sites for hydroxylation is 1. The maximum absolute atomic E-state index is 13.4. The number of hydrogen-bond acceptors (Lipinski definition) is 3. The van der Waals surface area contributed by atoms with E-state index in [1.54, 1.807) is 0 Å². The van der Waals surface area contributed by atoms with Crippen molar-refractivity contribution in [2.75, 3.05) is 6.61 Å². The molecule has 2 unspecified atom stereocenters. The van der Waals surface area contributed by atoms with Crippen molar-refractivity contribution in [1.29, 1.82) is 0 Å². The molecule has 2 atom stereocenters. The summed E-state index contributed by atoms with van der Waals surface area (Å²) in [5.41, 5.74) is 1.02. The van der Waals surface area contributed by atoms with Crippen LogP contribution in [-0.2, 0) is 6.42 Å². The molecular weight excluding hydrogens is 397 g/mol. The molecule has 0 heterocycles. The van der Waals surface area contributed by atoms with E-state index < -0.39 is 36.1 Å². The predicted octanol–water partition coefficient (Wildman–Crippen LogP) is 4.25. The zero-order chi connectivity index (χ0) is 22.3. The third kappa shape index (κ3) is 6.95. The highest BCUT2D eigenvalue weighted by molar-refractivity contribution is 5.74. The van der Waals surface area contributed by atoms with Gasteiger partial charge in [0.05, 0.1) is 18.8 Å². The van der Waals surface area contributed by atoms with Gasteiger partial charge in [-0.15, -0.1) is 0 Å². The molecule has 2 aromatic rings. The molecule has 0 aliphatic rings. The van der Waals surface area contributed by atoms with E-state index in [0.29, 0.717) is 6.42 Å². The van der Waals surface area contributed by atoms with Gasteiger partial charge in [-0.25, -0.2) is 18.0 Å². The molecule has 2 rings (SSSR count). The number of benzene rings is 2. The molecule has 0 fully saturated rings. The Kier molecular flexibility index (Phi) is 8.53. The van der Waals surface area contributed by atoms with Crippen molar-refractivity contribution >= 4 is 6.03 Å². The van der Waals surface area contributed by atoms with E-state index in [1.807, 2.05) is 45.0 Å². The highest BCUT2D eigenvalue weighted by Gasteiger charge is 2.19. The summed E-state index contributed by atoms with van der Waals surface area (Å²) in [4.78, 5) is 12.2. The SMILES string of the molecule is CC(CCc1ccc(OC(C)C)cc1)NC(=O)NC(CO)c1cc(F)c(F)c(F)c1. The van der Waals surface area contributed by atoms with Crippen LogP contribution in [0.2, 0.25) is 0 Å². The lowest BCUT2D eigenvalue weighted by atomic mass is 10.1. The summed E-state index contributed by atoms with van der Waals surface area (Å²) in [5, 5.41) is 14.6. The molecule has 0 saturated heterocycles. The van der Waals surface area contributed by atoms with Gasteiger partial charge in [-0.2, -0.15) is 0 Å². The molecule has 2 amide bonds. The second-order valence-corrected chi connectivity index (χ2v) is 7.40. The highest BCUT2D eigenvalue weighted by Crippen LogP contribution is 2.19. The third-order valence-corrected chi connectivity index (χ3v) is 4.44. The molecule has 30 heavy (non-hydrogen) atoms. The molecule has 0 aliphatic heterocycles. The van der Waals surface area contributed by atoms with Crippen LogP contribution in [0.5, 0.6) is 5.75 Å². The van der Waals surface area contributed by atoms with Crippen molar-refractivity contribution in [3.63, 3.8) is 0 Å². The van der Waals surface area contributed by atoms with Crippen LogP contribution in [0.4, 0.5) is 18.0 Å². The standard InChI is InChI=1S/C22H27F3N2O3/c1-13(2)30-17-8-6-15(7-9-17)5-4-14(3)26-22(29)27-20(12-28)16-10-18(23)21(25)19(24)11-16/h6-11,13-14,20,28H,4-5,12H2,1-3H3,(H2,26,27,29). The number of carbonyl (C=O) groups is 1. The number of amides is 2. The fourth-order valence-corrected chi connectivity index (χ4v) is 2.90. The molecule has 5 nitrogen and oxygen atoms in total. The number of nitrogens with one attached hydrogen (secondary N) is 2. The second kappa shape index (κ2) is 10.9. The summed E-state index contributed by atoms with van der Waals surface area (Å²) < 4.78 is 45.5. The quantitative estimate of drug-likeness (QED) is 0.527. The highest BCUT2D eigenvalue weighted by atomic mass is 19.2. The summed E-state index contributed by atoms with van der Waals surface area (Å²) in [7, 11) is 0. The maximum atomic E-state index is 13.4. The van der Waals surface area contributed by atoms with Crippen LogP contribution < -0.4 is 15.4 Å². The Morgan fingerprint density at radius 3 is 2.17 bits per heavy atom. The lowest BCUT2D eigenvalue weighted by Gasteiger charge is -2.20. The Balaban J connectivity index is 1.86. The summed E-state index contributed by atoms with van der Waals surface area (Å²) in [5.74, 6) is -3.58. The fraction of sp³-hybridized carbons (Fsp3) is 0.409. The average Bonchev–Trinajstić information content (AvgIpc) is 2.69. The summed E-state index contributed by atoms with van der Waals surface area (Å²) in [6, 6.07) is 7.33. The average molecular weight is 424 g/mol. The van der Waals surface area contributed by atoms with Gasteiger partial charge in [0, 0.05) is 6.04 Å². The van der Waals surface area contributed by atoms with Crippen molar-refractivity contribution in [3.8, 4) is 5.75 Å². The van der Waals surface area contributed by atoms with Gasteiger partial charge in [-0.1, -0.05) is 12.1 Å². The van der Waals surface area contributed by atoms with Crippen LogP contribution in [0, 0.1) is 17.5 Å². The predicted molar refractivity (Wildman–Crippen MR) is 108 cm³/mol. The fourth-order valence-electron chi connectivity index (χ4n) is 2.90. The van der Waals surface area contributed by atoms with E-state index in [0.717, 1.165) is 29.9 Å². The number of ether oxygens (including phenoxy) is 1. The van der Waals surface area contributed by atoms with Crippen molar-refractivity contribution in [1.82, 2.24) is 10.6 Å². The van der Waals surface area contributed by atoms with E-state index in [1.165, 1.54) is 0 Å². The van der Waals surface area contributed by atoms with Crippen molar-refractivity contribution in [3.05, 3.63) is 65.0 Å². The third-order valence-electron chi connectivity index (χ3n) is 4.44. The van der Waals surface area contributed by atoms with Gasteiger partial charge < -0.3 is 20.5 Å². The van der Waals surface area contributed by atoms with Crippen LogP contribution in [0.1, 0.15) is 44.4 Å². The monoisotopic (exact) mass is 424 g/mol. The van der Waals surface area contributed by atoms with E-state index in [2.05, 4.69) is 10.6 Å². The summed E-state index contributed by atoms with van der Waals surface area (Å²) in [6.45, 7) is 5.13. The lowest BCUT2D eigenvalue weighted by molar-refractivity contribution is 0.214. The first-order chi connectivity index (χ1) is 14.2. The molecule has 0 saturated carbocycles. The number of aliphatic hydroxyl groups excluding tert-OH is 1. The number of carbonyl (C=O) groups excluding carboxylic acids is 1. The summed E-state index contributed by atoms with van der Waals surface area (Å²) >= 11 is 0. The van der Waals surface area contributed by atoms with Gasteiger partial charge in [0.1, 0.15) is 5.75 Å². The Labute approximate surface area is 174 Å². The summed E-state index contributed by atoms with van der Waals surface area (Å²) in [6.07, 6.45) is 1.48. The molecule has 164 valence electrons. The molecular formula is C22H27F3N2O3. The number of hydrogen-bond donors (Lipinski definition) is 3. The van der Waals surface area contributed by atoms with Crippen LogP contribution in [0.3, 0.4) is 0 Å². The van der Waals surface area contributed by atoms with Gasteiger partial charge in [-0.05, 0) is 69.0 Å². The van der Waals surface area contributed by atoms with Gasteiger partial charge in [0.15, 0.2) is 17.5 Å². The number of urea groups is 1. The van der Waals surface area contributed by atoms with E-state index >= 15 is 0 Å². The first-order valence-electron chi connectivity index (χ1n) is 9.77. The molecule has 0 aliphatic carbocycles. The van der Waals surface area contributed by atoms with Crippen molar-refractivity contribution in [2.24, 2.45) is 0 Å². The first kappa shape index (κ1) is 23.5. The normalized spacial score (nSPS) is 13.1. The van der Waals surface area contributed by atoms with E-state index in [9.17, 15) is 23.1 Å².